The smallest absolute Gasteiger partial charge is 0.280 e. The fraction of sp³-hybridized carbons (Fsp3) is 0.357. The monoisotopic (exact) mass is 415 g/mol. The predicted molar refractivity (Wildman–Crippen MR) is 91.2 cm³/mol. The van der Waals surface area contributed by atoms with Gasteiger partial charge in [0.15, 0.2) is 10.2 Å². The SMILES string of the molecule is O=S(=O)(Nc1ccc2c(c1)C(O)CC2)c1c(Br)nc2n1CCS2. The van der Waals surface area contributed by atoms with Crippen molar-refractivity contribution in [2.24, 2.45) is 0 Å². The molecule has 0 saturated heterocycles. The summed E-state index contributed by atoms with van der Waals surface area (Å²) in [6, 6.07) is 5.32. The van der Waals surface area contributed by atoms with Crippen LogP contribution in [0.2, 0.25) is 0 Å². The Morgan fingerprint density at radius 2 is 2.26 bits per heavy atom. The average molecular weight is 416 g/mol. The van der Waals surface area contributed by atoms with E-state index in [9.17, 15) is 13.5 Å². The molecule has 23 heavy (non-hydrogen) atoms. The summed E-state index contributed by atoms with van der Waals surface area (Å²) in [5.74, 6) is 0.823. The van der Waals surface area contributed by atoms with E-state index in [0.29, 0.717) is 28.4 Å². The number of imidazole rings is 1. The van der Waals surface area contributed by atoms with E-state index in [-0.39, 0.29) is 5.03 Å². The van der Waals surface area contributed by atoms with Gasteiger partial charge in [0.25, 0.3) is 10.0 Å². The molecule has 2 N–H and O–H groups in total. The summed E-state index contributed by atoms with van der Waals surface area (Å²) >= 11 is 4.79. The minimum Gasteiger partial charge on any atom is -0.388 e. The fourth-order valence-corrected chi connectivity index (χ4v) is 6.45. The van der Waals surface area contributed by atoms with E-state index < -0.39 is 16.1 Å². The van der Waals surface area contributed by atoms with Crippen LogP contribution < -0.4 is 4.72 Å². The Balaban J connectivity index is 1.70. The standard InChI is InChI=1S/C14H14BrN3O3S2/c15-12-13(18-5-6-22-14(18)16-12)23(20,21)17-9-3-1-8-2-4-11(19)10(8)7-9/h1,3,7,11,17,19H,2,4-6H2. The first-order chi connectivity index (χ1) is 11.0. The van der Waals surface area contributed by atoms with Crippen molar-refractivity contribution in [2.45, 2.75) is 35.7 Å². The van der Waals surface area contributed by atoms with Gasteiger partial charge in [-0.15, -0.1) is 0 Å². The molecule has 1 unspecified atom stereocenters. The lowest BCUT2D eigenvalue weighted by molar-refractivity contribution is 0.180. The summed E-state index contributed by atoms with van der Waals surface area (Å²) in [6.07, 6.45) is 0.990. The van der Waals surface area contributed by atoms with Gasteiger partial charge in [0, 0.05) is 18.0 Å². The van der Waals surface area contributed by atoms with Gasteiger partial charge in [-0.1, -0.05) is 17.8 Å². The molecule has 2 heterocycles. The van der Waals surface area contributed by atoms with Crippen molar-refractivity contribution in [2.75, 3.05) is 10.5 Å². The van der Waals surface area contributed by atoms with Crippen LogP contribution in [0.3, 0.4) is 0 Å². The average Bonchev–Trinajstić information content (AvgIpc) is 3.13. The van der Waals surface area contributed by atoms with Crippen molar-refractivity contribution in [1.82, 2.24) is 9.55 Å². The van der Waals surface area contributed by atoms with Crippen molar-refractivity contribution in [1.29, 1.82) is 0 Å². The molecule has 4 rings (SSSR count). The molecule has 122 valence electrons. The van der Waals surface area contributed by atoms with Gasteiger partial charge in [-0.3, -0.25) is 4.72 Å². The molecule has 1 aliphatic carbocycles. The molecule has 0 fully saturated rings. The van der Waals surface area contributed by atoms with Crippen LogP contribution >= 0.6 is 27.7 Å². The molecule has 2 aromatic rings. The van der Waals surface area contributed by atoms with E-state index in [4.69, 9.17) is 0 Å². The third-order valence-electron chi connectivity index (χ3n) is 4.09. The Morgan fingerprint density at radius 1 is 1.43 bits per heavy atom. The molecule has 2 aliphatic rings. The zero-order chi connectivity index (χ0) is 16.2. The maximum atomic E-state index is 12.8. The summed E-state index contributed by atoms with van der Waals surface area (Å²) < 4.78 is 30.1. The molecule has 0 bridgehead atoms. The van der Waals surface area contributed by atoms with Crippen LogP contribution in [0, 0.1) is 0 Å². The summed E-state index contributed by atoms with van der Waals surface area (Å²) in [5.41, 5.74) is 2.33. The molecule has 0 radical (unpaired) electrons. The van der Waals surface area contributed by atoms with Crippen LogP contribution in [0.1, 0.15) is 23.7 Å². The number of nitrogens with one attached hydrogen (secondary N) is 1. The molecular weight excluding hydrogens is 402 g/mol. The zero-order valence-corrected chi connectivity index (χ0v) is 15.2. The third kappa shape index (κ3) is 2.59. The highest BCUT2D eigenvalue weighted by Crippen LogP contribution is 2.36. The zero-order valence-electron chi connectivity index (χ0n) is 12.0. The van der Waals surface area contributed by atoms with Gasteiger partial charge in [0.1, 0.15) is 4.60 Å². The van der Waals surface area contributed by atoms with Crippen molar-refractivity contribution >= 4 is 43.4 Å². The molecule has 1 aromatic heterocycles. The van der Waals surface area contributed by atoms with E-state index in [0.717, 1.165) is 23.3 Å². The van der Waals surface area contributed by atoms with Gasteiger partial charge >= 0.3 is 0 Å². The molecule has 1 aliphatic heterocycles. The van der Waals surface area contributed by atoms with Crippen LogP contribution in [0.4, 0.5) is 5.69 Å². The summed E-state index contributed by atoms with van der Waals surface area (Å²) in [4.78, 5) is 4.25. The van der Waals surface area contributed by atoms with Crippen LogP contribution in [-0.2, 0) is 23.0 Å². The Morgan fingerprint density at radius 3 is 3.09 bits per heavy atom. The van der Waals surface area contributed by atoms with Crippen molar-refractivity contribution < 1.29 is 13.5 Å². The fourth-order valence-electron chi connectivity index (χ4n) is 3.03. The molecule has 0 amide bonds. The Bertz CT molecular complexity index is 895. The molecule has 9 heteroatoms. The van der Waals surface area contributed by atoms with Gasteiger partial charge in [0.2, 0.25) is 0 Å². The highest BCUT2D eigenvalue weighted by atomic mass is 79.9. The van der Waals surface area contributed by atoms with E-state index in [1.54, 1.807) is 16.7 Å². The summed E-state index contributed by atoms with van der Waals surface area (Å²) in [5, 5.41) is 10.8. The molecule has 0 spiro atoms. The third-order valence-corrected chi connectivity index (χ3v) is 7.29. The van der Waals surface area contributed by atoms with Crippen LogP contribution in [0.15, 0.2) is 33.0 Å². The Labute approximate surface area is 146 Å². The number of hydrogen-bond acceptors (Lipinski definition) is 5. The lowest BCUT2D eigenvalue weighted by Gasteiger charge is -2.12. The van der Waals surface area contributed by atoms with Gasteiger partial charge in [0.05, 0.1) is 6.10 Å². The second-order valence-corrected chi connectivity index (χ2v) is 8.97. The lowest BCUT2D eigenvalue weighted by Crippen LogP contribution is -2.18. The van der Waals surface area contributed by atoms with Crippen molar-refractivity contribution in [3.8, 4) is 0 Å². The highest BCUT2D eigenvalue weighted by Gasteiger charge is 2.30. The first-order valence-corrected chi connectivity index (χ1v) is 10.4. The second kappa shape index (κ2) is 5.51. The minimum absolute atomic E-state index is 0.151. The van der Waals surface area contributed by atoms with Crippen molar-refractivity contribution in [3.05, 3.63) is 33.9 Å². The first kappa shape index (κ1) is 15.5. The van der Waals surface area contributed by atoms with Gasteiger partial charge in [-0.05, 0) is 52.0 Å². The Hall–Kier alpha value is -1.03. The van der Waals surface area contributed by atoms with Crippen molar-refractivity contribution in [3.63, 3.8) is 0 Å². The normalized spacial score (nSPS) is 19.7. The maximum Gasteiger partial charge on any atom is 0.280 e. The van der Waals surface area contributed by atoms with Crippen LogP contribution in [0.5, 0.6) is 0 Å². The highest BCUT2D eigenvalue weighted by molar-refractivity contribution is 9.10. The largest absolute Gasteiger partial charge is 0.388 e. The number of aliphatic hydroxyl groups excluding tert-OH is 1. The topological polar surface area (TPSA) is 84.2 Å². The van der Waals surface area contributed by atoms with E-state index in [2.05, 4.69) is 25.6 Å². The quantitative estimate of drug-likeness (QED) is 0.804. The predicted octanol–water partition coefficient (Wildman–Crippen LogP) is 2.53. The number of fused-ring (bicyclic) bond motifs is 2. The van der Waals surface area contributed by atoms with Gasteiger partial charge in [-0.2, -0.15) is 8.42 Å². The Kier molecular flexibility index (Phi) is 3.71. The summed E-state index contributed by atoms with van der Waals surface area (Å²) in [6.45, 7) is 0.623. The van der Waals surface area contributed by atoms with Gasteiger partial charge in [-0.25, -0.2) is 4.98 Å². The second-order valence-electron chi connectivity index (χ2n) is 5.56. The molecule has 6 nitrogen and oxygen atoms in total. The number of halogens is 1. The number of hydrogen-bond donors (Lipinski definition) is 2. The van der Waals surface area contributed by atoms with E-state index in [1.165, 1.54) is 11.8 Å². The molecule has 0 saturated carbocycles. The number of thioether (sulfide) groups is 1. The minimum atomic E-state index is -3.75. The maximum absolute atomic E-state index is 12.8. The number of aromatic nitrogens is 2. The van der Waals surface area contributed by atoms with Gasteiger partial charge < -0.3 is 9.67 Å². The van der Waals surface area contributed by atoms with E-state index >= 15 is 0 Å². The summed E-state index contributed by atoms with van der Waals surface area (Å²) in [7, 11) is -3.75. The first-order valence-electron chi connectivity index (χ1n) is 7.18. The van der Waals surface area contributed by atoms with E-state index in [1.807, 2.05) is 6.07 Å². The number of aliphatic hydroxyl groups is 1. The number of aryl methyl sites for hydroxylation is 1. The number of anilines is 1. The number of benzene rings is 1. The molecule has 1 aromatic carbocycles. The lowest BCUT2D eigenvalue weighted by atomic mass is 10.1. The van der Waals surface area contributed by atoms with Crippen LogP contribution in [0.25, 0.3) is 0 Å². The number of sulfonamides is 1. The number of nitrogens with zero attached hydrogens (tertiary/aromatic N) is 2. The van der Waals surface area contributed by atoms with Crippen LogP contribution in [-0.4, -0.2) is 28.8 Å². The molecular formula is C14H14BrN3O3S2. The molecule has 1 atom stereocenters. The number of rotatable bonds is 3.